The summed E-state index contributed by atoms with van der Waals surface area (Å²) in [5, 5.41) is 8.92. The molecule has 1 aromatic rings. The molecule has 80 valence electrons. The van der Waals surface area contributed by atoms with Crippen molar-refractivity contribution in [1.29, 1.82) is 0 Å². The van der Waals surface area contributed by atoms with Gasteiger partial charge in [0, 0.05) is 12.1 Å². The molecule has 15 heavy (non-hydrogen) atoms. The van der Waals surface area contributed by atoms with E-state index < -0.39 is 5.97 Å². The molecule has 0 spiro atoms. The number of carbonyl (C=O) groups is 1. The molecule has 1 aromatic carbocycles. The second kappa shape index (κ2) is 3.35. The number of benzene rings is 1. The van der Waals surface area contributed by atoms with E-state index in [0.717, 1.165) is 5.56 Å². The molecule has 1 heterocycles. The van der Waals surface area contributed by atoms with Gasteiger partial charge in [0.15, 0.2) is 0 Å². The Labute approximate surface area is 89.3 Å². The van der Waals surface area contributed by atoms with Crippen LogP contribution in [0.25, 0.3) is 0 Å². The van der Waals surface area contributed by atoms with Crippen LogP contribution in [-0.2, 0) is 0 Å². The Hall–Kier alpha value is -1.35. The Kier molecular flexibility index (Phi) is 2.27. The summed E-state index contributed by atoms with van der Waals surface area (Å²) in [5.74, 6) is -0.854. The molecule has 1 aliphatic heterocycles. The number of rotatable bonds is 1. The lowest BCUT2D eigenvalue weighted by atomic mass is 10.0. The minimum Gasteiger partial charge on any atom is -0.478 e. The molecule has 0 aromatic heterocycles. The topological polar surface area (TPSA) is 40.5 Å². The second-order valence-corrected chi connectivity index (χ2v) is 4.17. The lowest BCUT2D eigenvalue weighted by Gasteiger charge is -2.19. The summed E-state index contributed by atoms with van der Waals surface area (Å²) in [6, 6.07) is 6.09. The van der Waals surface area contributed by atoms with Gasteiger partial charge in [0.25, 0.3) is 0 Å². The Bertz CT molecular complexity index is 414. The van der Waals surface area contributed by atoms with Crippen molar-refractivity contribution in [2.24, 2.45) is 0 Å². The summed E-state index contributed by atoms with van der Waals surface area (Å²) in [4.78, 5) is 13.1. The van der Waals surface area contributed by atoms with Crippen molar-refractivity contribution < 1.29 is 9.90 Å². The molecular weight excluding hydrogens is 190 g/mol. The number of fused-ring (bicyclic) bond motifs is 1. The number of hydrogen-bond donors (Lipinski definition) is 1. The van der Waals surface area contributed by atoms with Gasteiger partial charge >= 0.3 is 5.97 Å². The van der Waals surface area contributed by atoms with E-state index in [-0.39, 0.29) is 0 Å². The molecule has 3 heteroatoms. The average Bonchev–Trinajstić information content (AvgIpc) is 2.44. The third kappa shape index (κ3) is 1.43. The predicted molar refractivity (Wildman–Crippen MR) is 58.0 cm³/mol. The lowest BCUT2D eigenvalue weighted by molar-refractivity contribution is 0.0696. The van der Waals surface area contributed by atoms with Crippen molar-refractivity contribution in [3.05, 3.63) is 34.9 Å². The largest absolute Gasteiger partial charge is 0.478 e. The van der Waals surface area contributed by atoms with Crippen LogP contribution in [0.5, 0.6) is 0 Å². The van der Waals surface area contributed by atoms with Crippen LogP contribution >= 0.6 is 0 Å². The maximum atomic E-state index is 10.9. The Morgan fingerprint density at radius 2 is 1.87 bits per heavy atom. The van der Waals surface area contributed by atoms with E-state index in [2.05, 4.69) is 25.8 Å². The van der Waals surface area contributed by atoms with E-state index in [1.54, 1.807) is 12.1 Å². The minimum atomic E-state index is -0.854. The molecule has 0 amide bonds. The molecule has 3 nitrogen and oxygen atoms in total. The molecule has 2 unspecified atom stereocenters. The van der Waals surface area contributed by atoms with E-state index in [1.807, 2.05) is 6.07 Å². The fourth-order valence-electron chi connectivity index (χ4n) is 2.22. The predicted octanol–water partition coefficient (Wildman–Crippen LogP) is 2.45. The zero-order valence-electron chi connectivity index (χ0n) is 9.19. The maximum Gasteiger partial charge on any atom is 0.335 e. The van der Waals surface area contributed by atoms with Crippen molar-refractivity contribution in [3.8, 4) is 0 Å². The molecule has 1 N–H and O–H groups in total. The number of hydrogen-bond acceptors (Lipinski definition) is 2. The highest BCUT2D eigenvalue weighted by Gasteiger charge is 2.30. The van der Waals surface area contributed by atoms with Crippen LogP contribution < -0.4 is 0 Å². The molecular formula is C12H15NO2. The number of aromatic carboxylic acids is 1. The average molecular weight is 205 g/mol. The Morgan fingerprint density at radius 1 is 1.27 bits per heavy atom. The number of carboxylic acid groups (broad SMARTS) is 1. The van der Waals surface area contributed by atoms with Gasteiger partial charge in [0.1, 0.15) is 0 Å². The Morgan fingerprint density at radius 3 is 2.47 bits per heavy atom. The van der Waals surface area contributed by atoms with E-state index in [4.69, 9.17) is 5.11 Å². The molecule has 0 saturated heterocycles. The summed E-state index contributed by atoms with van der Waals surface area (Å²) in [7, 11) is 2.07. The zero-order valence-corrected chi connectivity index (χ0v) is 9.19. The van der Waals surface area contributed by atoms with Gasteiger partial charge in [-0.25, -0.2) is 4.79 Å². The molecule has 0 bridgehead atoms. The van der Waals surface area contributed by atoms with Crippen molar-refractivity contribution in [3.63, 3.8) is 0 Å². The fraction of sp³-hybridized carbons (Fsp3) is 0.417. The molecule has 0 radical (unpaired) electrons. The van der Waals surface area contributed by atoms with Crippen LogP contribution in [0.3, 0.4) is 0 Å². The van der Waals surface area contributed by atoms with Crippen molar-refractivity contribution in [2.45, 2.75) is 25.9 Å². The van der Waals surface area contributed by atoms with Gasteiger partial charge in [-0.2, -0.15) is 0 Å². The quantitative estimate of drug-likeness (QED) is 0.765. The van der Waals surface area contributed by atoms with E-state index in [0.29, 0.717) is 17.6 Å². The summed E-state index contributed by atoms with van der Waals surface area (Å²) >= 11 is 0. The van der Waals surface area contributed by atoms with Gasteiger partial charge in [-0.05, 0) is 44.2 Å². The molecule has 2 rings (SSSR count). The van der Waals surface area contributed by atoms with Crippen molar-refractivity contribution >= 4 is 5.97 Å². The molecule has 0 fully saturated rings. The van der Waals surface area contributed by atoms with E-state index >= 15 is 0 Å². The van der Waals surface area contributed by atoms with Gasteiger partial charge in [-0.1, -0.05) is 6.07 Å². The van der Waals surface area contributed by atoms with Crippen LogP contribution in [0.4, 0.5) is 0 Å². The normalized spacial score (nSPS) is 25.3. The standard InChI is InChI=1S/C12H15NO2/c1-7-10-5-4-9(12(14)15)6-11(10)8(2)13(7)3/h4-8H,1-3H3,(H,14,15). The first-order valence-electron chi connectivity index (χ1n) is 5.11. The monoisotopic (exact) mass is 205 g/mol. The second-order valence-electron chi connectivity index (χ2n) is 4.17. The zero-order chi connectivity index (χ0) is 11.2. The lowest BCUT2D eigenvalue weighted by Crippen LogP contribution is -2.17. The molecule has 0 saturated carbocycles. The minimum absolute atomic E-state index is 0.300. The van der Waals surface area contributed by atoms with E-state index in [1.165, 1.54) is 5.56 Å². The first kappa shape index (κ1) is 10.2. The van der Waals surface area contributed by atoms with Crippen LogP contribution in [0, 0.1) is 0 Å². The van der Waals surface area contributed by atoms with E-state index in [9.17, 15) is 4.79 Å². The third-order valence-electron chi connectivity index (χ3n) is 3.46. The number of carboxylic acids is 1. The fourth-order valence-corrected chi connectivity index (χ4v) is 2.22. The molecule has 0 aliphatic carbocycles. The maximum absolute atomic E-state index is 10.9. The summed E-state index contributed by atoms with van der Waals surface area (Å²) in [6.45, 7) is 4.25. The summed E-state index contributed by atoms with van der Waals surface area (Å²) < 4.78 is 0. The van der Waals surface area contributed by atoms with Gasteiger partial charge in [-0.3, -0.25) is 4.90 Å². The van der Waals surface area contributed by atoms with Gasteiger partial charge in [0.2, 0.25) is 0 Å². The molecule has 2 atom stereocenters. The first-order valence-corrected chi connectivity index (χ1v) is 5.11. The number of nitrogens with zero attached hydrogens (tertiary/aromatic N) is 1. The van der Waals surface area contributed by atoms with Crippen molar-refractivity contribution in [2.75, 3.05) is 7.05 Å². The van der Waals surface area contributed by atoms with Crippen LogP contribution in [-0.4, -0.2) is 23.0 Å². The highest BCUT2D eigenvalue weighted by atomic mass is 16.4. The van der Waals surface area contributed by atoms with Crippen LogP contribution in [0.15, 0.2) is 18.2 Å². The van der Waals surface area contributed by atoms with Gasteiger partial charge in [-0.15, -0.1) is 0 Å². The first-order chi connectivity index (χ1) is 7.02. The van der Waals surface area contributed by atoms with Crippen LogP contribution in [0.1, 0.15) is 47.4 Å². The van der Waals surface area contributed by atoms with Gasteiger partial charge < -0.3 is 5.11 Å². The molecule has 1 aliphatic rings. The Balaban J connectivity index is 2.51. The summed E-state index contributed by atoms with van der Waals surface area (Å²) in [6.07, 6.45) is 0. The highest BCUT2D eigenvalue weighted by Crippen LogP contribution is 2.40. The smallest absolute Gasteiger partial charge is 0.335 e. The van der Waals surface area contributed by atoms with Gasteiger partial charge in [0.05, 0.1) is 5.56 Å². The van der Waals surface area contributed by atoms with Crippen molar-refractivity contribution in [1.82, 2.24) is 4.90 Å². The van der Waals surface area contributed by atoms with Crippen LogP contribution in [0.2, 0.25) is 0 Å². The summed E-state index contributed by atoms with van der Waals surface area (Å²) in [5.41, 5.74) is 2.77. The SMILES string of the molecule is CC1c2ccc(C(=O)O)cc2C(C)N1C. The third-order valence-corrected chi connectivity index (χ3v) is 3.46. The highest BCUT2D eigenvalue weighted by molar-refractivity contribution is 5.88.